The van der Waals surface area contributed by atoms with E-state index in [0.29, 0.717) is 24.0 Å². The van der Waals surface area contributed by atoms with Gasteiger partial charge in [-0.1, -0.05) is 18.2 Å². The van der Waals surface area contributed by atoms with E-state index < -0.39 is 0 Å². The van der Waals surface area contributed by atoms with Gasteiger partial charge >= 0.3 is 0 Å². The van der Waals surface area contributed by atoms with Gasteiger partial charge in [0, 0.05) is 18.3 Å². The smallest absolute Gasteiger partial charge is 0.229 e. The molecule has 0 aliphatic carbocycles. The van der Waals surface area contributed by atoms with Gasteiger partial charge < -0.3 is 10.6 Å². The quantitative estimate of drug-likeness (QED) is 0.808. The summed E-state index contributed by atoms with van der Waals surface area (Å²) in [6.07, 6.45) is 1.74. The highest BCUT2D eigenvalue weighted by atomic mass is 19.1. The number of aryl methyl sites for hydroxylation is 1. The van der Waals surface area contributed by atoms with Crippen molar-refractivity contribution in [2.24, 2.45) is 0 Å². The lowest BCUT2D eigenvalue weighted by molar-refractivity contribution is 0.631. The van der Waals surface area contributed by atoms with E-state index in [1.54, 1.807) is 24.3 Å². The second kappa shape index (κ2) is 5.95. The van der Waals surface area contributed by atoms with Crippen LogP contribution in [0.3, 0.4) is 0 Å². The summed E-state index contributed by atoms with van der Waals surface area (Å²) in [5.41, 5.74) is 1.14. The Labute approximate surface area is 111 Å². The molecular formula is C14H15FN4. The van der Waals surface area contributed by atoms with Crippen molar-refractivity contribution in [1.82, 2.24) is 9.97 Å². The van der Waals surface area contributed by atoms with Crippen LogP contribution in [0.15, 0.2) is 43.0 Å². The minimum Gasteiger partial charge on any atom is -0.366 e. The van der Waals surface area contributed by atoms with E-state index in [1.165, 1.54) is 6.07 Å². The molecule has 1 heterocycles. The average molecular weight is 258 g/mol. The van der Waals surface area contributed by atoms with Crippen molar-refractivity contribution in [3.63, 3.8) is 0 Å². The van der Waals surface area contributed by atoms with Crippen molar-refractivity contribution in [2.75, 3.05) is 17.2 Å². The Morgan fingerprint density at radius 2 is 2.11 bits per heavy atom. The molecule has 0 bridgehead atoms. The maximum Gasteiger partial charge on any atom is 0.229 e. The molecule has 0 aliphatic rings. The summed E-state index contributed by atoms with van der Waals surface area (Å²) >= 11 is 0. The van der Waals surface area contributed by atoms with Crippen LogP contribution in [-0.4, -0.2) is 16.5 Å². The highest BCUT2D eigenvalue weighted by Gasteiger charge is 2.05. The lowest BCUT2D eigenvalue weighted by Gasteiger charge is -2.09. The van der Waals surface area contributed by atoms with Crippen molar-refractivity contribution in [3.8, 4) is 0 Å². The minimum absolute atomic E-state index is 0.340. The summed E-state index contributed by atoms with van der Waals surface area (Å²) in [6.45, 7) is 6.09. The van der Waals surface area contributed by atoms with Crippen LogP contribution in [0.1, 0.15) is 5.69 Å². The van der Waals surface area contributed by atoms with Crippen molar-refractivity contribution in [2.45, 2.75) is 6.92 Å². The van der Waals surface area contributed by atoms with Gasteiger partial charge in [-0.3, -0.25) is 0 Å². The number of anilines is 3. The standard InChI is InChI=1S/C14H15FN4/c1-3-8-16-13-9-10(2)17-14(19-13)18-12-7-5-4-6-11(12)15/h3-7,9H,1,8H2,2H3,(H2,16,17,18,19). The number of aromatic nitrogens is 2. The summed E-state index contributed by atoms with van der Waals surface area (Å²) in [5, 5.41) is 5.94. The maximum absolute atomic E-state index is 13.5. The van der Waals surface area contributed by atoms with E-state index in [9.17, 15) is 4.39 Å². The Bertz CT molecular complexity index is 583. The van der Waals surface area contributed by atoms with Gasteiger partial charge in [0.05, 0.1) is 5.69 Å². The monoisotopic (exact) mass is 258 g/mol. The number of rotatable bonds is 5. The molecule has 0 saturated carbocycles. The molecule has 1 aromatic heterocycles. The zero-order chi connectivity index (χ0) is 13.7. The second-order valence-electron chi connectivity index (χ2n) is 3.99. The lowest BCUT2D eigenvalue weighted by atomic mass is 10.3. The first-order valence-corrected chi connectivity index (χ1v) is 5.91. The number of nitrogens with one attached hydrogen (secondary N) is 2. The Hall–Kier alpha value is -2.43. The molecule has 2 N–H and O–H groups in total. The molecule has 0 fully saturated rings. The normalized spacial score (nSPS) is 10.0. The van der Waals surface area contributed by atoms with Gasteiger partial charge in [-0.15, -0.1) is 6.58 Å². The fourth-order valence-corrected chi connectivity index (χ4v) is 1.57. The largest absolute Gasteiger partial charge is 0.366 e. The number of hydrogen-bond acceptors (Lipinski definition) is 4. The lowest BCUT2D eigenvalue weighted by Crippen LogP contribution is -2.05. The summed E-state index contributed by atoms with van der Waals surface area (Å²) in [4.78, 5) is 8.48. The third kappa shape index (κ3) is 3.51. The van der Waals surface area contributed by atoms with Crippen molar-refractivity contribution in [1.29, 1.82) is 0 Å². The van der Waals surface area contributed by atoms with Crippen LogP contribution in [0.2, 0.25) is 0 Å². The van der Waals surface area contributed by atoms with Gasteiger partial charge in [0.2, 0.25) is 5.95 Å². The molecule has 0 unspecified atom stereocenters. The molecule has 5 heteroatoms. The van der Waals surface area contributed by atoms with Crippen molar-refractivity contribution < 1.29 is 4.39 Å². The molecular weight excluding hydrogens is 243 g/mol. The molecule has 0 radical (unpaired) electrons. The first kappa shape index (κ1) is 13.0. The van der Waals surface area contributed by atoms with E-state index in [4.69, 9.17) is 0 Å². The van der Waals surface area contributed by atoms with Gasteiger partial charge in [-0.05, 0) is 19.1 Å². The van der Waals surface area contributed by atoms with E-state index in [2.05, 4.69) is 27.2 Å². The Kier molecular flexibility index (Phi) is 4.07. The third-order valence-electron chi connectivity index (χ3n) is 2.40. The van der Waals surface area contributed by atoms with Crippen LogP contribution >= 0.6 is 0 Å². The molecule has 4 nitrogen and oxygen atoms in total. The summed E-state index contributed by atoms with van der Waals surface area (Å²) in [6, 6.07) is 8.22. The Morgan fingerprint density at radius 3 is 2.84 bits per heavy atom. The fraction of sp³-hybridized carbons (Fsp3) is 0.143. The number of nitrogens with zero attached hydrogens (tertiary/aromatic N) is 2. The van der Waals surface area contributed by atoms with Gasteiger partial charge in [0.25, 0.3) is 0 Å². The molecule has 0 spiro atoms. The molecule has 0 amide bonds. The average Bonchev–Trinajstić information content (AvgIpc) is 2.38. The molecule has 0 saturated heterocycles. The molecule has 1 aromatic carbocycles. The molecule has 2 aromatic rings. The van der Waals surface area contributed by atoms with Crippen LogP contribution < -0.4 is 10.6 Å². The highest BCUT2D eigenvalue weighted by molar-refractivity contribution is 5.55. The number of benzene rings is 1. The van der Waals surface area contributed by atoms with Crippen molar-refractivity contribution >= 4 is 17.5 Å². The minimum atomic E-state index is -0.340. The fourth-order valence-electron chi connectivity index (χ4n) is 1.57. The predicted octanol–water partition coefficient (Wildman–Crippen LogP) is 3.27. The van der Waals surface area contributed by atoms with Crippen LogP contribution in [-0.2, 0) is 0 Å². The van der Waals surface area contributed by atoms with E-state index in [0.717, 1.165) is 5.69 Å². The molecule has 19 heavy (non-hydrogen) atoms. The van der Waals surface area contributed by atoms with Gasteiger partial charge in [-0.25, -0.2) is 9.37 Å². The van der Waals surface area contributed by atoms with Gasteiger partial charge in [0.1, 0.15) is 11.6 Å². The topological polar surface area (TPSA) is 49.8 Å². The summed E-state index contributed by atoms with van der Waals surface area (Å²) in [5.74, 6) is 0.691. The molecule has 0 atom stereocenters. The Morgan fingerprint density at radius 1 is 1.32 bits per heavy atom. The van der Waals surface area contributed by atoms with Crippen molar-refractivity contribution in [3.05, 3.63) is 54.5 Å². The van der Waals surface area contributed by atoms with Crippen LogP contribution in [0, 0.1) is 12.7 Å². The van der Waals surface area contributed by atoms with E-state index in [-0.39, 0.29) is 5.82 Å². The zero-order valence-electron chi connectivity index (χ0n) is 10.7. The zero-order valence-corrected chi connectivity index (χ0v) is 10.7. The SMILES string of the molecule is C=CCNc1cc(C)nc(Nc2ccccc2F)n1. The summed E-state index contributed by atoms with van der Waals surface area (Å²) in [7, 11) is 0. The predicted molar refractivity (Wildman–Crippen MR) is 75.1 cm³/mol. The van der Waals surface area contributed by atoms with Gasteiger partial charge in [0.15, 0.2) is 0 Å². The van der Waals surface area contributed by atoms with Crippen LogP contribution in [0.25, 0.3) is 0 Å². The highest BCUT2D eigenvalue weighted by Crippen LogP contribution is 2.18. The first-order valence-electron chi connectivity index (χ1n) is 5.91. The first-order chi connectivity index (χ1) is 9.19. The van der Waals surface area contributed by atoms with E-state index in [1.807, 2.05) is 13.0 Å². The molecule has 98 valence electrons. The van der Waals surface area contributed by atoms with Crippen LogP contribution in [0.5, 0.6) is 0 Å². The number of para-hydroxylation sites is 1. The Balaban J connectivity index is 2.22. The molecule has 2 rings (SSSR count). The van der Waals surface area contributed by atoms with E-state index >= 15 is 0 Å². The third-order valence-corrected chi connectivity index (χ3v) is 2.40. The summed E-state index contributed by atoms with van der Waals surface area (Å²) < 4.78 is 13.5. The number of halogens is 1. The maximum atomic E-state index is 13.5. The van der Waals surface area contributed by atoms with Gasteiger partial charge in [-0.2, -0.15) is 4.98 Å². The number of hydrogen-bond donors (Lipinski definition) is 2. The van der Waals surface area contributed by atoms with Crippen LogP contribution in [0.4, 0.5) is 21.8 Å². The molecule has 0 aliphatic heterocycles. The second-order valence-corrected chi connectivity index (χ2v) is 3.99.